The molecule has 0 aromatic heterocycles. The molecule has 0 spiro atoms. The van der Waals surface area contributed by atoms with Crippen LogP contribution in [0.5, 0.6) is 0 Å². The summed E-state index contributed by atoms with van der Waals surface area (Å²) in [5.41, 5.74) is 2.30. The monoisotopic (exact) mass is 385 g/mol. The number of carbonyl (C=O) groups is 2. The second-order valence-corrected chi connectivity index (χ2v) is 7.49. The number of fused-ring (bicyclic) bond motifs is 1. The van der Waals surface area contributed by atoms with Gasteiger partial charge in [0.15, 0.2) is 0 Å². The van der Waals surface area contributed by atoms with Gasteiger partial charge in [0.25, 0.3) is 0 Å². The van der Waals surface area contributed by atoms with Gasteiger partial charge in [-0.1, -0.05) is 72.8 Å². The van der Waals surface area contributed by atoms with E-state index in [1.165, 1.54) is 0 Å². The molecule has 0 radical (unpaired) electrons. The van der Waals surface area contributed by atoms with E-state index in [1.54, 1.807) is 11.9 Å². The molecule has 0 aliphatic heterocycles. The van der Waals surface area contributed by atoms with E-state index in [-0.39, 0.29) is 5.91 Å². The summed E-state index contributed by atoms with van der Waals surface area (Å²) in [5.74, 6) is -1.49. The summed E-state index contributed by atoms with van der Waals surface area (Å²) in [6, 6.07) is 26.8. The Kier molecular flexibility index (Phi) is 4.93. The second-order valence-electron chi connectivity index (χ2n) is 7.49. The summed E-state index contributed by atoms with van der Waals surface area (Å²) >= 11 is 0. The van der Waals surface area contributed by atoms with Crippen molar-refractivity contribution in [3.63, 3.8) is 0 Å². The summed E-state index contributed by atoms with van der Waals surface area (Å²) in [5, 5.41) is 9.76. The lowest BCUT2D eigenvalue weighted by molar-refractivity contribution is -0.139. The van der Waals surface area contributed by atoms with Crippen LogP contribution in [0.2, 0.25) is 0 Å². The van der Waals surface area contributed by atoms with Gasteiger partial charge in [0, 0.05) is 12.7 Å². The quantitative estimate of drug-likeness (QED) is 0.714. The number of likely N-dealkylation sites (N-methyl/N-ethyl adjacent to an activating group) is 1. The molecule has 0 bridgehead atoms. The molecule has 1 aliphatic rings. The van der Waals surface area contributed by atoms with Crippen LogP contribution >= 0.6 is 0 Å². The first-order chi connectivity index (χ1) is 14.1. The van der Waals surface area contributed by atoms with E-state index >= 15 is 0 Å². The van der Waals surface area contributed by atoms with Crippen molar-refractivity contribution in [3.05, 3.63) is 102 Å². The number of benzene rings is 3. The maximum atomic E-state index is 14.0. The van der Waals surface area contributed by atoms with Gasteiger partial charge in [0.1, 0.15) is 0 Å². The maximum absolute atomic E-state index is 14.0. The molecule has 4 heteroatoms. The first-order valence-electron chi connectivity index (χ1n) is 9.76. The van der Waals surface area contributed by atoms with Crippen LogP contribution in [0.3, 0.4) is 0 Å². The van der Waals surface area contributed by atoms with Crippen LogP contribution in [0.15, 0.2) is 84.9 Å². The van der Waals surface area contributed by atoms with Crippen LogP contribution in [0.25, 0.3) is 0 Å². The van der Waals surface area contributed by atoms with Crippen LogP contribution in [0.1, 0.15) is 35.4 Å². The summed E-state index contributed by atoms with van der Waals surface area (Å²) in [4.78, 5) is 27.6. The lowest BCUT2D eigenvalue weighted by Crippen LogP contribution is -2.49. The van der Waals surface area contributed by atoms with E-state index in [0.717, 1.165) is 22.4 Å². The van der Waals surface area contributed by atoms with Crippen molar-refractivity contribution < 1.29 is 14.7 Å². The molecule has 0 saturated heterocycles. The van der Waals surface area contributed by atoms with Crippen molar-refractivity contribution in [1.82, 2.24) is 0 Å². The molecule has 0 heterocycles. The van der Waals surface area contributed by atoms with Gasteiger partial charge in [0.05, 0.1) is 11.3 Å². The number of hydrogen-bond donors (Lipinski definition) is 1. The number of hydrogen-bond acceptors (Lipinski definition) is 2. The molecule has 1 N–H and O–H groups in total. The van der Waals surface area contributed by atoms with Crippen molar-refractivity contribution in [2.24, 2.45) is 0 Å². The smallest absolute Gasteiger partial charge is 0.310 e. The number of para-hydroxylation sites is 1. The van der Waals surface area contributed by atoms with Gasteiger partial charge >= 0.3 is 5.97 Å². The second kappa shape index (κ2) is 7.55. The highest BCUT2D eigenvalue weighted by Gasteiger charge is 2.49. The van der Waals surface area contributed by atoms with Crippen LogP contribution in [-0.4, -0.2) is 24.0 Å². The number of anilines is 1. The molecule has 1 amide bonds. The number of carboxylic acids is 1. The highest BCUT2D eigenvalue weighted by molar-refractivity contribution is 6.04. The van der Waals surface area contributed by atoms with Crippen molar-refractivity contribution >= 4 is 17.6 Å². The summed E-state index contributed by atoms with van der Waals surface area (Å²) in [6.45, 7) is 0. The Morgan fingerprint density at radius 3 is 2.14 bits per heavy atom. The fourth-order valence-electron chi connectivity index (χ4n) is 4.52. The van der Waals surface area contributed by atoms with Crippen LogP contribution < -0.4 is 4.90 Å². The summed E-state index contributed by atoms with van der Waals surface area (Å²) in [6.07, 6.45) is 0.858. The zero-order chi connectivity index (χ0) is 20.4. The van der Waals surface area contributed by atoms with Gasteiger partial charge in [-0.2, -0.15) is 0 Å². The zero-order valence-corrected chi connectivity index (χ0v) is 16.3. The van der Waals surface area contributed by atoms with Gasteiger partial charge in [0.2, 0.25) is 5.91 Å². The van der Waals surface area contributed by atoms with Crippen molar-refractivity contribution in [2.75, 3.05) is 11.9 Å². The van der Waals surface area contributed by atoms with Crippen molar-refractivity contribution in [1.29, 1.82) is 0 Å². The van der Waals surface area contributed by atoms with Gasteiger partial charge in [-0.05, 0) is 41.7 Å². The number of rotatable bonds is 4. The van der Waals surface area contributed by atoms with Gasteiger partial charge in [-0.3, -0.25) is 9.59 Å². The van der Waals surface area contributed by atoms with Gasteiger partial charge in [-0.25, -0.2) is 0 Å². The Labute approximate surface area is 170 Å². The molecule has 146 valence electrons. The van der Waals surface area contributed by atoms with Gasteiger partial charge < -0.3 is 10.0 Å². The number of amides is 1. The first kappa shape index (κ1) is 18.9. The highest BCUT2D eigenvalue weighted by Crippen LogP contribution is 2.48. The average Bonchev–Trinajstić information content (AvgIpc) is 2.78. The zero-order valence-electron chi connectivity index (χ0n) is 16.3. The van der Waals surface area contributed by atoms with Crippen LogP contribution in [0, 0.1) is 0 Å². The third-order valence-electron chi connectivity index (χ3n) is 5.98. The Morgan fingerprint density at radius 1 is 0.897 bits per heavy atom. The lowest BCUT2D eigenvalue weighted by Gasteiger charge is -2.42. The molecule has 3 aromatic rings. The van der Waals surface area contributed by atoms with E-state index in [0.29, 0.717) is 12.8 Å². The Balaban J connectivity index is 1.93. The molecule has 0 saturated carbocycles. The molecular weight excluding hydrogens is 362 g/mol. The molecule has 2 unspecified atom stereocenters. The van der Waals surface area contributed by atoms with Crippen molar-refractivity contribution in [3.8, 4) is 0 Å². The number of aliphatic carboxylic acids is 1. The van der Waals surface area contributed by atoms with Crippen molar-refractivity contribution in [2.45, 2.75) is 24.2 Å². The van der Waals surface area contributed by atoms with E-state index in [9.17, 15) is 14.7 Å². The minimum Gasteiger partial charge on any atom is -0.481 e. The standard InChI is InChI=1S/C25H23NO3/c1-26(19-12-6-3-7-13-19)24(29)25(18-10-4-2-5-11-18)17-16-21(23(27)28)20-14-8-9-15-22(20)25/h2-15,21H,16-17H2,1H3,(H,27,28). The van der Waals surface area contributed by atoms with Crippen LogP contribution in [-0.2, 0) is 15.0 Å². The molecule has 0 fully saturated rings. The largest absolute Gasteiger partial charge is 0.481 e. The molecule has 4 nitrogen and oxygen atoms in total. The van der Waals surface area contributed by atoms with Crippen LogP contribution in [0.4, 0.5) is 5.69 Å². The third-order valence-corrected chi connectivity index (χ3v) is 5.98. The number of nitrogens with zero attached hydrogens (tertiary/aromatic N) is 1. The highest BCUT2D eigenvalue weighted by atomic mass is 16.4. The Bertz CT molecular complexity index is 1030. The minimum atomic E-state index is -0.922. The fraction of sp³-hybridized carbons (Fsp3) is 0.200. The third kappa shape index (κ3) is 3.11. The van der Waals surface area contributed by atoms with Gasteiger partial charge in [-0.15, -0.1) is 0 Å². The predicted molar refractivity (Wildman–Crippen MR) is 113 cm³/mol. The Hall–Kier alpha value is -3.40. The Morgan fingerprint density at radius 2 is 1.48 bits per heavy atom. The average molecular weight is 385 g/mol. The normalized spacial score (nSPS) is 20.5. The maximum Gasteiger partial charge on any atom is 0.310 e. The topological polar surface area (TPSA) is 57.6 Å². The molecule has 1 aliphatic carbocycles. The molecule has 3 aromatic carbocycles. The van der Waals surface area contributed by atoms with E-state index in [4.69, 9.17) is 0 Å². The summed E-state index contributed by atoms with van der Waals surface area (Å²) < 4.78 is 0. The number of carboxylic acid groups (broad SMARTS) is 1. The fourth-order valence-corrected chi connectivity index (χ4v) is 4.52. The van der Waals surface area contributed by atoms with E-state index in [1.807, 2.05) is 84.9 Å². The van der Waals surface area contributed by atoms with E-state index in [2.05, 4.69) is 0 Å². The lowest BCUT2D eigenvalue weighted by atomic mass is 9.62. The predicted octanol–water partition coefficient (Wildman–Crippen LogP) is 4.60. The van der Waals surface area contributed by atoms with E-state index < -0.39 is 17.3 Å². The minimum absolute atomic E-state index is 0.0498. The SMILES string of the molecule is CN(C(=O)C1(c2ccccc2)CCC(C(=O)O)c2ccccc21)c1ccccc1. The first-order valence-corrected chi connectivity index (χ1v) is 9.76. The number of carbonyl (C=O) groups excluding carboxylic acids is 1. The molecule has 2 atom stereocenters. The summed E-state index contributed by atoms with van der Waals surface area (Å²) in [7, 11) is 1.79. The molecular formula is C25H23NO3. The molecule has 29 heavy (non-hydrogen) atoms. The molecule has 4 rings (SSSR count).